The Morgan fingerprint density at radius 2 is 2.08 bits per heavy atom. The highest BCUT2D eigenvalue weighted by Crippen LogP contribution is 1.93. The summed E-state index contributed by atoms with van der Waals surface area (Å²) in [4.78, 5) is 0. The first-order valence-corrected chi connectivity index (χ1v) is 6.39. The van der Waals surface area contributed by atoms with Crippen molar-refractivity contribution in [2.45, 2.75) is 13.3 Å². The molecule has 0 saturated carbocycles. The molecule has 0 aliphatic carbocycles. The van der Waals surface area contributed by atoms with E-state index in [0.29, 0.717) is 0 Å². The van der Waals surface area contributed by atoms with Crippen LogP contribution in [0.3, 0.4) is 0 Å². The lowest BCUT2D eigenvalue weighted by molar-refractivity contribution is 0.332. The van der Waals surface area contributed by atoms with Gasteiger partial charge in [0.05, 0.1) is 0 Å². The zero-order valence-electron chi connectivity index (χ0n) is 8.07. The summed E-state index contributed by atoms with van der Waals surface area (Å²) in [6.45, 7) is 6.80. The Morgan fingerprint density at radius 1 is 1.38 bits per heavy atom. The molecule has 0 aliphatic heterocycles. The van der Waals surface area contributed by atoms with Crippen LogP contribution in [0.4, 0.5) is 0 Å². The molecule has 0 bridgehead atoms. The van der Waals surface area contributed by atoms with E-state index in [0.717, 1.165) is 13.0 Å². The lowest BCUT2D eigenvalue weighted by Gasteiger charge is -2.11. The fourth-order valence-corrected chi connectivity index (χ4v) is 2.88. The Hall–Kier alpha value is -0.863. The molecule has 0 N–H and O–H groups in total. The summed E-state index contributed by atoms with van der Waals surface area (Å²) >= 11 is 0. The molecule has 1 atom stereocenters. The molecular formula is C11H16OSi. The molecule has 1 unspecified atom stereocenters. The van der Waals surface area contributed by atoms with E-state index in [9.17, 15) is 0 Å². The summed E-state index contributed by atoms with van der Waals surface area (Å²) in [6, 6.07) is 10.4. The van der Waals surface area contributed by atoms with Gasteiger partial charge in [-0.05, 0) is 11.6 Å². The molecule has 2 heteroatoms. The van der Waals surface area contributed by atoms with Crippen LogP contribution in [0.25, 0.3) is 0 Å². The standard InChI is InChI=1S/C11H16OSi/c1-3-10-12-13(4-2)11-8-6-5-7-9-11/h4-9,13H,2-3,10H2,1H3. The quantitative estimate of drug-likeness (QED) is 0.646. The van der Waals surface area contributed by atoms with E-state index in [1.165, 1.54) is 5.19 Å². The molecule has 1 rings (SSSR count). The minimum Gasteiger partial charge on any atom is -0.412 e. The minimum absolute atomic E-state index is 0.845. The van der Waals surface area contributed by atoms with Crippen molar-refractivity contribution in [3.8, 4) is 0 Å². The van der Waals surface area contributed by atoms with E-state index < -0.39 is 9.04 Å². The molecule has 0 aromatic heterocycles. The van der Waals surface area contributed by atoms with Crippen LogP contribution in [-0.2, 0) is 4.43 Å². The maximum absolute atomic E-state index is 5.75. The van der Waals surface area contributed by atoms with Crippen LogP contribution < -0.4 is 5.19 Å². The van der Waals surface area contributed by atoms with Crippen LogP contribution in [0.5, 0.6) is 0 Å². The van der Waals surface area contributed by atoms with E-state index in [4.69, 9.17) is 4.43 Å². The number of hydrogen-bond donors (Lipinski definition) is 0. The van der Waals surface area contributed by atoms with Crippen LogP contribution >= 0.6 is 0 Å². The Balaban J connectivity index is 2.61. The van der Waals surface area contributed by atoms with Gasteiger partial charge in [-0.25, -0.2) is 0 Å². The van der Waals surface area contributed by atoms with Gasteiger partial charge in [0, 0.05) is 6.61 Å². The normalized spacial score (nSPS) is 12.4. The number of rotatable bonds is 5. The second kappa shape index (κ2) is 5.73. The van der Waals surface area contributed by atoms with Gasteiger partial charge in [0.25, 0.3) is 0 Å². The highest BCUT2D eigenvalue weighted by Gasteiger charge is 2.08. The Morgan fingerprint density at radius 3 is 2.62 bits per heavy atom. The molecule has 0 radical (unpaired) electrons. The average Bonchev–Trinajstić information content (AvgIpc) is 2.21. The van der Waals surface area contributed by atoms with E-state index in [1.54, 1.807) is 0 Å². The highest BCUT2D eigenvalue weighted by molar-refractivity contribution is 6.72. The lowest BCUT2D eigenvalue weighted by Crippen LogP contribution is -2.31. The van der Waals surface area contributed by atoms with Gasteiger partial charge in [-0.3, -0.25) is 0 Å². The minimum atomic E-state index is -1.33. The smallest absolute Gasteiger partial charge is 0.232 e. The van der Waals surface area contributed by atoms with Crippen LogP contribution in [0.15, 0.2) is 42.6 Å². The summed E-state index contributed by atoms with van der Waals surface area (Å²) in [5, 5.41) is 1.31. The molecule has 0 amide bonds. The predicted octanol–water partition coefficient (Wildman–Crippen LogP) is 1.77. The zero-order chi connectivity index (χ0) is 9.52. The largest absolute Gasteiger partial charge is 0.412 e. The van der Waals surface area contributed by atoms with Crippen molar-refractivity contribution in [3.63, 3.8) is 0 Å². The molecule has 0 fully saturated rings. The number of benzene rings is 1. The predicted molar refractivity (Wildman–Crippen MR) is 59.7 cm³/mol. The maximum Gasteiger partial charge on any atom is 0.232 e. The molecule has 0 aliphatic rings. The molecule has 1 nitrogen and oxygen atoms in total. The summed E-state index contributed by atoms with van der Waals surface area (Å²) in [7, 11) is -1.33. The summed E-state index contributed by atoms with van der Waals surface area (Å²) in [6.07, 6.45) is 1.07. The van der Waals surface area contributed by atoms with Gasteiger partial charge in [0.2, 0.25) is 9.04 Å². The summed E-state index contributed by atoms with van der Waals surface area (Å²) in [5.41, 5.74) is 1.98. The number of hydrogen-bond acceptors (Lipinski definition) is 1. The first-order valence-electron chi connectivity index (χ1n) is 4.67. The van der Waals surface area contributed by atoms with Gasteiger partial charge in [-0.2, -0.15) is 0 Å². The van der Waals surface area contributed by atoms with Gasteiger partial charge in [-0.1, -0.05) is 43.0 Å². The average molecular weight is 192 g/mol. The fraction of sp³-hybridized carbons (Fsp3) is 0.273. The van der Waals surface area contributed by atoms with E-state index in [2.05, 4.69) is 25.6 Å². The third-order valence-corrected chi connectivity index (χ3v) is 3.91. The Labute approximate surface area is 81.8 Å². The van der Waals surface area contributed by atoms with Gasteiger partial charge in [0.1, 0.15) is 0 Å². The first-order chi connectivity index (χ1) is 6.38. The Kier molecular flexibility index (Phi) is 4.50. The molecule has 0 heterocycles. The van der Waals surface area contributed by atoms with Crippen molar-refractivity contribution in [2.24, 2.45) is 0 Å². The fourth-order valence-electron chi connectivity index (χ4n) is 1.19. The van der Waals surface area contributed by atoms with Gasteiger partial charge >= 0.3 is 0 Å². The van der Waals surface area contributed by atoms with Crippen LogP contribution in [0.1, 0.15) is 13.3 Å². The van der Waals surface area contributed by atoms with E-state index in [-0.39, 0.29) is 0 Å². The summed E-state index contributed by atoms with van der Waals surface area (Å²) in [5.74, 6) is 0. The zero-order valence-corrected chi connectivity index (χ0v) is 9.23. The van der Waals surface area contributed by atoms with Crippen molar-refractivity contribution in [1.29, 1.82) is 0 Å². The molecule has 0 saturated heterocycles. The molecule has 13 heavy (non-hydrogen) atoms. The van der Waals surface area contributed by atoms with Crippen molar-refractivity contribution >= 4 is 14.2 Å². The first kappa shape index (κ1) is 10.2. The second-order valence-electron chi connectivity index (χ2n) is 2.94. The molecular weight excluding hydrogens is 176 g/mol. The molecule has 1 aromatic carbocycles. The van der Waals surface area contributed by atoms with Gasteiger partial charge in [-0.15, -0.1) is 6.58 Å². The van der Waals surface area contributed by atoms with Gasteiger partial charge < -0.3 is 4.43 Å². The SMILES string of the molecule is C=C[SiH](OCCC)c1ccccc1. The lowest BCUT2D eigenvalue weighted by atomic mass is 10.4. The molecule has 0 spiro atoms. The van der Waals surface area contributed by atoms with E-state index >= 15 is 0 Å². The van der Waals surface area contributed by atoms with Crippen molar-refractivity contribution in [3.05, 3.63) is 42.6 Å². The Bertz CT molecular complexity index is 246. The van der Waals surface area contributed by atoms with Gasteiger partial charge in [0.15, 0.2) is 0 Å². The monoisotopic (exact) mass is 192 g/mol. The second-order valence-corrected chi connectivity index (χ2v) is 5.25. The summed E-state index contributed by atoms with van der Waals surface area (Å²) < 4.78 is 5.75. The van der Waals surface area contributed by atoms with Crippen LogP contribution in [0, 0.1) is 0 Å². The highest BCUT2D eigenvalue weighted by atomic mass is 28.3. The third-order valence-electron chi connectivity index (χ3n) is 1.84. The maximum atomic E-state index is 5.75. The van der Waals surface area contributed by atoms with E-state index in [1.807, 2.05) is 23.9 Å². The van der Waals surface area contributed by atoms with Crippen molar-refractivity contribution in [2.75, 3.05) is 6.61 Å². The topological polar surface area (TPSA) is 9.23 Å². The third kappa shape index (κ3) is 3.17. The van der Waals surface area contributed by atoms with Crippen molar-refractivity contribution in [1.82, 2.24) is 0 Å². The van der Waals surface area contributed by atoms with Crippen LogP contribution in [-0.4, -0.2) is 15.6 Å². The molecule has 1 aromatic rings. The molecule has 70 valence electrons. The van der Waals surface area contributed by atoms with Crippen molar-refractivity contribution < 1.29 is 4.43 Å². The van der Waals surface area contributed by atoms with Crippen LogP contribution in [0.2, 0.25) is 0 Å².